The third-order valence-corrected chi connectivity index (χ3v) is 9.08. The highest BCUT2D eigenvalue weighted by molar-refractivity contribution is 7.26. The minimum absolute atomic E-state index is 0.819. The van der Waals surface area contributed by atoms with Crippen molar-refractivity contribution in [3.63, 3.8) is 0 Å². The standard InChI is InChI=1S/C26H27ClS3/c1-3-5-6-7-9-21-11-12-23(29-21)25-17-22(26(30-25)24-10-8-13-28-24)19-14-18(4-2)15-20(27)16-19/h8,10-17H,3-7,9H2,1-2H3. The van der Waals surface area contributed by atoms with Crippen molar-refractivity contribution >= 4 is 45.6 Å². The van der Waals surface area contributed by atoms with E-state index in [1.165, 1.54) is 73.2 Å². The van der Waals surface area contributed by atoms with Crippen LogP contribution < -0.4 is 0 Å². The smallest absolute Gasteiger partial charge is 0.0527 e. The van der Waals surface area contributed by atoms with Crippen molar-refractivity contribution in [2.24, 2.45) is 0 Å². The quantitative estimate of drug-likeness (QED) is 0.213. The maximum absolute atomic E-state index is 6.46. The van der Waals surface area contributed by atoms with E-state index >= 15 is 0 Å². The van der Waals surface area contributed by atoms with E-state index in [0.29, 0.717) is 0 Å². The second-order valence-electron chi connectivity index (χ2n) is 7.61. The van der Waals surface area contributed by atoms with E-state index in [1.54, 1.807) is 0 Å². The molecule has 3 heterocycles. The predicted octanol–water partition coefficient (Wildman–Crippen LogP) is 10.2. The molecule has 156 valence electrons. The van der Waals surface area contributed by atoms with E-state index in [-0.39, 0.29) is 0 Å². The Morgan fingerprint density at radius 3 is 2.50 bits per heavy atom. The summed E-state index contributed by atoms with van der Waals surface area (Å²) in [6.45, 7) is 4.45. The largest absolute Gasteiger partial charge is 0.143 e. The zero-order valence-electron chi connectivity index (χ0n) is 17.5. The molecule has 30 heavy (non-hydrogen) atoms. The summed E-state index contributed by atoms with van der Waals surface area (Å²) in [5.41, 5.74) is 3.81. The van der Waals surface area contributed by atoms with Gasteiger partial charge in [0, 0.05) is 30.1 Å². The number of rotatable bonds is 9. The lowest BCUT2D eigenvalue weighted by molar-refractivity contribution is 0.670. The fourth-order valence-corrected chi connectivity index (χ4v) is 7.13. The van der Waals surface area contributed by atoms with Gasteiger partial charge in [-0.05, 0) is 72.2 Å². The van der Waals surface area contributed by atoms with E-state index in [4.69, 9.17) is 11.6 Å². The van der Waals surface area contributed by atoms with Gasteiger partial charge in [-0.3, -0.25) is 0 Å². The molecule has 0 amide bonds. The molecular formula is C26H27ClS3. The van der Waals surface area contributed by atoms with Crippen LogP contribution in [0, 0.1) is 0 Å². The van der Waals surface area contributed by atoms with Gasteiger partial charge in [0.2, 0.25) is 0 Å². The van der Waals surface area contributed by atoms with Crippen LogP contribution in [0.3, 0.4) is 0 Å². The van der Waals surface area contributed by atoms with Crippen LogP contribution in [0.1, 0.15) is 50.0 Å². The minimum Gasteiger partial charge on any atom is -0.143 e. The van der Waals surface area contributed by atoms with Crippen LogP contribution in [0.5, 0.6) is 0 Å². The molecule has 0 aliphatic heterocycles. The fourth-order valence-electron chi connectivity index (χ4n) is 3.70. The summed E-state index contributed by atoms with van der Waals surface area (Å²) >= 11 is 12.1. The summed E-state index contributed by atoms with van der Waals surface area (Å²) in [5, 5.41) is 2.98. The zero-order valence-corrected chi connectivity index (χ0v) is 20.7. The highest BCUT2D eigenvalue weighted by Gasteiger charge is 2.17. The summed E-state index contributed by atoms with van der Waals surface area (Å²) in [7, 11) is 0. The number of thiophene rings is 3. The second-order valence-corrected chi connectivity index (χ2v) is 11.2. The first kappa shape index (κ1) is 21.8. The Morgan fingerprint density at radius 2 is 1.73 bits per heavy atom. The number of hydrogen-bond donors (Lipinski definition) is 0. The lowest BCUT2D eigenvalue weighted by Gasteiger charge is -2.06. The number of benzene rings is 1. The Labute approximate surface area is 197 Å². The van der Waals surface area contributed by atoms with Gasteiger partial charge in [0.25, 0.3) is 0 Å². The molecule has 0 aliphatic rings. The maximum Gasteiger partial charge on any atom is 0.0527 e. The van der Waals surface area contributed by atoms with Crippen molar-refractivity contribution in [2.45, 2.75) is 52.4 Å². The van der Waals surface area contributed by atoms with Gasteiger partial charge in [-0.2, -0.15) is 0 Å². The molecule has 4 aromatic rings. The summed E-state index contributed by atoms with van der Waals surface area (Å²) in [6, 6.07) is 17.8. The van der Waals surface area contributed by atoms with Gasteiger partial charge >= 0.3 is 0 Å². The normalized spacial score (nSPS) is 11.3. The monoisotopic (exact) mass is 470 g/mol. The van der Waals surface area contributed by atoms with Gasteiger partial charge in [-0.1, -0.05) is 56.8 Å². The predicted molar refractivity (Wildman–Crippen MR) is 139 cm³/mol. The first-order valence-electron chi connectivity index (χ1n) is 10.7. The molecule has 4 heteroatoms. The van der Waals surface area contributed by atoms with Gasteiger partial charge in [0.1, 0.15) is 0 Å². The number of unbranched alkanes of at least 4 members (excludes halogenated alkanes) is 3. The van der Waals surface area contributed by atoms with Gasteiger partial charge in [0.15, 0.2) is 0 Å². The molecule has 3 aromatic heterocycles. The van der Waals surface area contributed by atoms with Crippen LogP contribution in [0.25, 0.3) is 30.6 Å². The first-order chi connectivity index (χ1) is 14.7. The lowest BCUT2D eigenvalue weighted by atomic mass is 10.0. The molecule has 0 saturated heterocycles. The van der Waals surface area contributed by atoms with Crippen molar-refractivity contribution in [1.29, 1.82) is 0 Å². The molecule has 0 saturated carbocycles. The van der Waals surface area contributed by atoms with Crippen LogP contribution in [-0.4, -0.2) is 0 Å². The summed E-state index contributed by atoms with van der Waals surface area (Å²) in [4.78, 5) is 6.92. The summed E-state index contributed by atoms with van der Waals surface area (Å²) in [5.74, 6) is 0. The van der Waals surface area contributed by atoms with Crippen LogP contribution >= 0.6 is 45.6 Å². The highest BCUT2D eigenvalue weighted by atomic mass is 35.5. The topological polar surface area (TPSA) is 0 Å². The van der Waals surface area contributed by atoms with E-state index in [1.807, 2.05) is 34.0 Å². The van der Waals surface area contributed by atoms with Gasteiger partial charge < -0.3 is 0 Å². The molecule has 4 rings (SSSR count). The molecular weight excluding hydrogens is 444 g/mol. The van der Waals surface area contributed by atoms with Gasteiger partial charge in [-0.15, -0.1) is 34.0 Å². The summed E-state index contributed by atoms with van der Waals surface area (Å²) in [6.07, 6.45) is 7.47. The van der Waals surface area contributed by atoms with Crippen molar-refractivity contribution in [1.82, 2.24) is 0 Å². The van der Waals surface area contributed by atoms with Crippen LogP contribution in [0.2, 0.25) is 5.02 Å². The molecule has 0 N–H and O–H groups in total. The van der Waals surface area contributed by atoms with Crippen molar-refractivity contribution in [2.75, 3.05) is 0 Å². The number of hydrogen-bond acceptors (Lipinski definition) is 3. The Morgan fingerprint density at radius 1 is 0.833 bits per heavy atom. The minimum atomic E-state index is 0.819. The number of aryl methyl sites for hydroxylation is 2. The van der Waals surface area contributed by atoms with Crippen molar-refractivity contribution in [3.05, 3.63) is 69.4 Å². The Kier molecular flexibility index (Phi) is 7.48. The molecule has 1 aromatic carbocycles. The zero-order chi connectivity index (χ0) is 20.9. The highest BCUT2D eigenvalue weighted by Crippen LogP contribution is 2.46. The SMILES string of the molecule is CCCCCCc1ccc(-c2cc(-c3cc(Cl)cc(CC)c3)c(-c3cccs3)s2)s1. The van der Waals surface area contributed by atoms with E-state index in [0.717, 1.165) is 11.4 Å². The lowest BCUT2D eigenvalue weighted by Crippen LogP contribution is -1.84. The molecule has 0 unspecified atom stereocenters. The van der Waals surface area contributed by atoms with Crippen LogP contribution in [-0.2, 0) is 12.8 Å². The number of halogens is 1. The van der Waals surface area contributed by atoms with E-state index in [2.05, 4.69) is 67.8 Å². The fraction of sp³-hybridized carbons (Fsp3) is 0.308. The van der Waals surface area contributed by atoms with Gasteiger partial charge in [-0.25, -0.2) is 0 Å². The van der Waals surface area contributed by atoms with Crippen LogP contribution in [0.4, 0.5) is 0 Å². The molecule has 0 radical (unpaired) electrons. The van der Waals surface area contributed by atoms with Crippen molar-refractivity contribution < 1.29 is 0 Å². The van der Waals surface area contributed by atoms with E-state index < -0.39 is 0 Å². The third-order valence-electron chi connectivity index (χ3n) is 5.34. The molecule has 0 atom stereocenters. The summed E-state index contributed by atoms with van der Waals surface area (Å²) < 4.78 is 0. The molecule has 0 bridgehead atoms. The molecule has 0 nitrogen and oxygen atoms in total. The van der Waals surface area contributed by atoms with E-state index in [9.17, 15) is 0 Å². The Balaban J connectivity index is 1.69. The van der Waals surface area contributed by atoms with Crippen LogP contribution in [0.15, 0.2) is 53.9 Å². The molecule has 0 fully saturated rings. The van der Waals surface area contributed by atoms with Gasteiger partial charge in [0.05, 0.1) is 4.88 Å². The second kappa shape index (κ2) is 10.3. The average molecular weight is 471 g/mol. The third kappa shape index (κ3) is 5.08. The molecule has 0 spiro atoms. The Bertz CT molecular complexity index is 1090. The average Bonchev–Trinajstić information content (AvgIpc) is 3.50. The van der Waals surface area contributed by atoms with Crippen molar-refractivity contribution in [3.8, 4) is 30.6 Å². The molecule has 0 aliphatic carbocycles. The first-order valence-corrected chi connectivity index (χ1v) is 13.6. The Hall–Kier alpha value is -1.39. The maximum atomic E-state index is 6.46.